The molecule has 0 spiro atoms. The molecule has 0 saturated heterocycles. The number of unbranched alkanes of at least 4 members (excludes halogenated alkanes) is 20. The van der Waals surface area contributed by atoms with E-state index in [1.165, 1.54) is 89.9 Å². The molecule has 5 rings (SSSR count). The van der Waals surface area contributed by atoms with Gasteiger partial charge in [0.05, 0.1) is 24.8 Å². The molecule has 1 fully saturated rings. The number of hydrogen-bond acceptors (Lipinski definition) is 10. The van der Waals surface area contributed by atoms with E-state index in [2.05, 4.69) is 31.8 Å². The van der Waals surface area contributed by atoms with Crippen LogP contribution in [0.4, 0.5) is 9.59 Å². The zero-order valence-electron chi connectivity index (χ0n) is 45.3. The van der Waals surface area contributed by atoms with Gasteiger partial charge in [-0.25, -0.2) is 9.59 Å². The van der Waals surface area contributed by atoms with Crippen LogP contribution in [-0.2, 0) is 20.9 Å². The van der Waals surface area contributed by atoms with Crippen LogP contribution in [0.1, 0.15) is 204 Å². The summed E-state index contributed by atoms with van der Waals surface area (Å²) in [5.74, 6) is -1.10. The molecular formula is C61H95N3O9. The minimum Gasteiger partial charge on any atom is -0.459 e. The SMILES string of the molecule is C=CCO[C@@]12Oc3ccc(OC(=O)NCCCCCCCCCCCC)cc3[C@H]3[C@H](CCCCO)[C@@H](CCCCO)C=C(C(=NOCc4ccccc4)C[C@@H]1N(C)C(=O)OCCCCCCCCCCCC)[C@H]32. The highest BCUT2D eigenvalue weighted by Crippen LogP contribution is 2.62. The molecule has 2 aromatic carbocycles. The Labute approximate surface area is 440 Å². The van der Waals surface area contributed by atoms with Crippen molar-refractivity contribution in [3.05, 3.63) is 84.0 Å². The summed E-state index contributed by atoms with van der Waals surface area (Å²) in [6, 6.07) is 14.8. The summed E-state index contributed by atoms with van der Waals surface area (Å²) in [6.07, 6.45) is 31.8. The number of likely N-dealkylation sites (N-methyl/N-ethyl adjacent to an activating group) is 1. The minimum absolute atomic E-state index is 0.0209. The number of nitrogens with one attached hydrogen (secondary N) is 1. The second-order valence-electron chi connectivity index (χ2n) is 20.9. The number of allylic oxidation sites excluding steroid dienone is 1. The summed E-state index contributed by atoms with van der Waals surface area (Å²) in [6.45, 7) is 9.99. The Morgan fingerprint density at radius 1 is 0.795 bits per heavy atom. The first-order chi connectivity index (χ1) is 35.8. The molecule has 12 nitrogen and oxygen atoms in total. The predicted molar refractivity (Wildman–Crippen MR) is 293 cm³/mol. The Morgan fingerprint density at radius 3 is 2.04 bits per heavy atom. The van der Waals surface area contributed by atoms with E-state index < -0.39 is 29.9 Å². The zero-order valence-corrected chi connectivity index (χ0v) is 45.3. The third kappa shape index (κ3) is 18.7. The first kappa shape index (κ1) is 59.5. The van der Waals surface area contributed by atoms with E-state index in [1.807, 2.05) is 42.5 Å². The van der Waals surface area contributed by atoms with Crippen LogP contribution in [0, 0.1) is 17.8 Å². The van der Waals surface area contributed by atoms with E-state index in [4.69, 9.17) is 28.9 Å². The Bertz CT molecular complexity index is 1940. The quantitative estimate of drug-likeness (QED) is 0.0340. The fourth-order valence-electron chi connectivity index (χ4n) is 11.5. The number of oxime groups is 1. The largest absolute Gasteiger partial charge is 0.459 e. The van der Waals surface area contributed by atoms with Crippen LogP contribution < -0.4 is 14.8 Å². The van der Waals surface area contributed by atoms with Gasteiger partial charge in [0.2, 0.25) is 5.79 Å². The number of fused-ring (bicyclic) bond motifs is 2. The second kappa shape index (κ2) is 34.2. The number of carbonyl (C=O) groups excluding carboxylic acids is 2. The van der Waals surface area contributed by atoms with E-state index in [9.17, 15) is 19.8 Å². The minimum atomic E-state index is -1.42. The monoisotopic (exact) mass is 1010 g/mol. The number of rotatable bonds is 38. The number of ether oxygens (including phenoxy) is 4. The van der Waals surface area contributed by atoms with Crippen LogP contribution in [0.15, 0.2) is 78.0 Å². The van der Waals surface area contributed by atoms with Crippen molar-refractivity contribution < 1.29 is 43.6 Å². The molecule has 408 valence electrons. The highest BCUT2D eigenvalue weighted by molar-refractivity contribution is 6.03. The number of aliphatic hydroxyl groups excluding tert-OH is 2. The van der Waals surface area contributed by atoms with Crippen LogP contribution in [-0.4, -0.2) is 84.9 Å². The average Bonchev–Trinajstić information content (AvgIpc) is 3.40. The standard InChI is InChI=1S/C61H95N3O9/c1-5-8-10-12-14-16-18-20-22-29-39-62-59(67)72-50-37-38-55-53(45-50)57-51(36-28-31-41-66)49(35-27-30-40-65)44-52-54(63-71-47-48-33-25-24-26-34-48)46-56(61(73-55,58(52)57)70-42-7-3)64(4)60(68)69-43-32-23-21-19-17-15-13-11-9-6-2/h7,24-26,33-34,37-38,44-45,49,51,56-58,65-66H,3,5-6,8-23,27-32,35-36,39-43,46-47H2,1-2,4H3,(H,62,67)/t49-,51+,56-,57+,58+,61+/m0/s1. The van der Waals surface area contributed by atoms with E-state index in [1.54, 1.807) is 24.1 Å². The number of hydrogen-bond donors (Lipinski definition) is 3. The molecule has 3 aliphatic rings. The average molecular weight is 1010 g/mol. The smallest absolute Gasteiger partial charge is 0.412 e. The van der Waals surface area contributed by atoms with Gasteiger partial charge in [-0.05, 0) is 79.7 Å². The Balaban J connectivity index is 1.45. The molecule has 1 heterocycles. The van der Waals surface area contributed by atoms with Gasteiger partial charge in [0, 0.05) is 44.7 Å². The van der Waals surface area contributed by atoms with Crippen LogP contribution in [0.3, 0.4) is 0 Å². The maximum Gasteiger partial charge on any atom is 0.412 e. The number of aliphatic hydroxyl groups is 2. The van der Waals surface area contributed by atoms with Gasteiger partial charge in [0.25, 0.3) is 0 Å². The van der Waals surface area contributed by atoms with Crippen molar-refractivity contribution in [2.24, 2.45) is 22.9 Å². The highest BCUT2D eigenvalue weighted by Gasteiger charge is 2.65. The molecule has 3 N–H and O–H groups in total. The van der Waals surface area contributed by atoms with Crippen molar-refractivity contribution in [3.8, 4) is 11.5 Å². The van der Waals surface area contributed by atoms with E-state index in [0.29, 0.717) is 43.2 Å². The summed E-state index contributed by atoms with van der Waals surface area (Å²) >= 11 is 0. The van der Waals surface area contributed by atoms with Crippen LogP contribution >= 0.6 is 0 Å². The van der Waals surface area contributed by atoms with Gasteiger partial charge >= 0.3 is 12.2 Å². The second-order valence-corrected chi connectivity index (χ2v) is 20.9. The Kier molecular flexibility index (Phi) is 27.9. The number of amides is 2. The van der Waals surface area contributed by atoms with Gasteiger partial charge in [0.1, 0.15) is 24.1 Å². The van der Waals surface area contributed by atoms with Gasteiger partial charge in [-0.15, -0.1) is 6.58 Å². The van der Waals surface area contributed by atoms with Crippen molar-refractivity contribution in [2.75, 3.05) is 40.0 Å². The first-order valence-electron chi connectivity index (χ1n) is 28.9. The molecular weight excluding hydrogens is 919 g/mol. The Morgan fingerprint density at radius 2 is 1.41 bits per heavy atom. The summed E-state index contributed by atoms with van der Waals surface area (Å²) < 4.78 is 26.4. The van der Waals surface area contributed by atoms with Crippen molar-refractivity contribution in [1.29, 1.82) is 0 Å². The fraction of sp³-hybridized carbons (Fsp3) is 0.689. The number of nitrogens with zero attached hydrogens (tertiary/aromatic N) is 2. The van der Waals surface area contributed by atoms with Crippen molar-refractivity contribution in [1.82, 2.24) is 10.2 Å². The van der Waals surface area contributed by atoms with Crippen molar-refractivity contribution in [3.63, 3.8) is 0 Å². The van der Waals surface area contributed by atoms with Gasteiger partial charge in [0.15, 0.2) is 0 Å². The lowest BCUT2D eigenvalue weighted by Gasteiger charge is -2.59. The van der Waals surface area contributed by atoms with E-state index in [-0.39, 0.29) is 50.6 Å². The lowest BCUT2D eigenvalue weighted by Crippen LogP contribution is -2.69. The molecule has 2 aliphatic carbocycles. The van der Waals surface area contributed by atoms with Crippen LogP contribution in [0.2, 0.25) is 0 Å². The van der Waals surface area contributed by atoms with Crippen LogP contribution in [0.5, 0.6) is 11.5 Å². The molecule has 0 aromatic heterocycles. The molecule has 0 radical (unpaired) electrons. The topological polar surface area (TPSA) is 148 Å². The predicted octanol–water partition coefficient (Wildman–Crippen LogP) is 14.5. The molecule has 6 atom stereocenters. The van der Waals surface area contributed by atoms with Gasteiger partial charge in [-0.3, -0.25) is 0 Å². The highest BCUT2D eigenvalue weighted by atomic mass is 16.7. The molecule has 73 heavy (non-hydrogen) atoms. The summed E-state index contributed by atoms with van der Waals surface area (Å²) in [5, 5.41) is 27.9. The molecule has 2 aromatic rings. The molecule has 0 unspecified atom stereocenters. The van der Waals surface area contributed by atoms with Crippen molar-refractivity contribution >= 4 is 17.9 Å². The molecule has 1 aliphatic heterocycles. The Hall–Kier alpha value is -4.39. The summed E-state index contributed by atoms with van der Waals surface area (Å²) in [4.78, 5) is 35.6. The molecule has 2 amide bonds. The fourth-order valence-corrected chi connectivity index (χ4v) is 11.5. The lowest BCUT2D eigenvalue weighted by atomic mass is 9.55. The zero-order chi connectivity index (χ0) is 51.9. The maximum atomic E-state index is 14.4. The van der Waals surface area contributed by atoms with Gasteiger partial charge < -0.3 is 44.2 Å². The van der Waals surface area contributed by atoms with E-state index in [0.717, 1.165) is 80.9 Å². The lowest BCUT2D eigenvalue weighted by molar-refractivity contribution is -0.253. The molecule has 1 saturated carbocycles. The third-order valence-corrected chi connectivity index (χ3v) is 15.4. The van der Waals surface area contributed by atoms with E-state index >= 15 is 0 Å². The number of carbonyl (C=O) groups is 2. The number of benzene rings is 2. The summed E-state index contributed by atoms with van der Waals surface area (Å²) in [7, 11) is 1.76. The van der Waals surface area contributed by atoms with Crippen LogP contribution in [0.25, 0.3) is 0 Å². The molecule has 12 heteroatoms. The summed E-state index contributed by atoms with van der Waals surface area (Å²) in [5.41, 5.74) is 3.50. The first-order valence-corrected chi connectivity index (χ1v) is 28.9. The van der Waals surface area contributed by atoms with Crippen molar-refractivity contribution in [2.45, 2.75) is 212 Å². The normalized spacial score (nSPS) is 21.4. The molecule has 0 bridgehead atoms. The maximum absolute atomic E-state index is 14.4. The third-order valence-electron chi connectivity index (χ3n) is 15.4. The van der Waals surface area contributed by atoms with Gasteiger partial charge in [-0.1, -0.05) is 190 Å². The van der Waals surface area contributed by atoms with Gasteiger partial charge in [-0.2, -0.15) is 0 Å².